The molecule has 8 nitrogen and oxygen atoms in total. The Labute approximate surface area is 132 Å². The lowest BCUT2D eigenvalue weighted by Crippen LogP contribution is -2.44. The highest BCUT2D eigenvalue weighted by Crippen LogP contribution is 2.37. The number of hydrogen-bond donors (Lipinski definition) is 2. The van der Waals surface area contributed by atoms with E-state index in [0.29, 0.717) is 28.7 Å². The number of anilines is 1. The van der Waals surface area contributed by atoms with Gasteiger partial charge in [0.15, 0.2) is 18.2 Å². The molecule has 23 heavy (non-hydrogen) atoms. The first-order chi connectivity index (χ1) is 11.2. The number of nitrogens with zero attached hydrogens (tertiary/aromatic N) is 3. The largest absolute Gasteiger partial charge is 0.481 e. The van der Waals surface area contributed by atoms with Crippen molar-refractivity contribution in [3.05, 3.63) is 24.0 Å². The van der Waals surface area contributed by atoms with E-state index in [1.54, 1.807) is 6.07 Å². The molecule has 1 aromatic heterocycles. The molecule has 4 rings (SSSR count). The van der Waals surface area contributed by atoms with Crippen LogP contribution in [0.5, 0.6) is 5.75 Å². The van der Waals surface area contributed by atoms with Crippen LogP contribution >= 0.6 is 0 Å². The topological polar surface area (TPSA) is 92.5 Å². The maximum atomic E-state index is 11.4. The first-order valence-corrected chi connectivity index (χ1v) is 7.53. The molecule has 0 saturated carbocycles. The lowest BCUT2D eigenvalue weighted by atomic mass is 10.1. The Balaban J connectivity index is 1.67. The molecule has 8 heteroatoms. The number of piperazine rings is 1. The van der Waals surface area contributed by atoms with Gasteiger partial charge in [0.05, 0.1) is 17.3 Å². The minimum absolute atomic E-state index is 0.0136. The summed E-state index contributed by atoms with van der Waals surface area (Å²) in [6.45, 7) is 2.66. The van der Waals surface area contributed by atoms with Crippen molar-refractivity contribution in [2.45, 2.75) is 6.04 Å². The molecule has 3 heterocycles. The number of hydrogen-bond acceptors (Lipinski definition) is 7. The molecule has 2 N–H and O–H groups in total. The van der Waals surface area contributed by atoms with Gasteiger partial charge in [0.25, 0.3) is 11.8 Å². The third-order valence-electron chi connectivity index (χ3n) is 4.12. The summed E-state index contributed by atoms with van der Waals surface area (Å²) in [5.74, 6) is 1.44. The normalized spacial score (nSPS) is 21.4. The van der Waals surface area contributed by atoms with Gasteiger partial charge in [-0.1, -0.05) is 11.2 Å². The Bertz CT molecular complexity index is 744. The van der Waals surface area contributed by atoms with Gasteiger partial charge in [0.1, 0.15) is 0 Å². The second-order valence-corrected chi connectivity index (χ2v) is 5.68. The minimum atomic E-state index is -0.171. The average Bonchev–Trinajstić information content (AvgIpc) is 3.04. The van der Waals surface area contributed by atoms with Gasteiger partial charge >= 0.3 is 0 Å². The molecule has 1 unspecified atom stereocenters. The molecule has 1 aromatic carbocycles. The van der Waals surface area contributed by atoms with Crippen LogP contribution in [0.1, 0.15) is 11.9 Å². The molecule has 0 radical (unpaired) electrons. The fourth-order valence-corrected chi connectivity index (χ4v) is 2.86. The minimum Gasteiger partial charge on any atom is -0.481 e. The Kier molecular flexibility index (Phi) is 3.47. The third kappa shape index (κ3) is 2.55. The van der Waals surface area contributed by atoms with Gasteiger partial charge in [-0.2, -0.15) is 4.98 Å². The predicted molar refractivity (Wildman–Crippen MR) is 82.1 cm³/mol. The first-order valence-electron chi connectivity index (χ1n) is 7.53. The van der Waals surface area contributed by atoms with Gasteiger partial charge < -0.3 is 19.9 Å². The van der Waals surface area contributed by atoms with E-state index in [9.17, 15) is 4.79 Å². The van der Waals surface area contributed by atoms with Gasteiger partial charge in [0, 0.05) is 19.6 Å². The number of carbonyl (C=O) groups is 1. The van der Waals surface area contributed by atoms with Gasteiger partial charge in [-0.05, 0) is 19.2 Å². The van der Waals surface area contributed by atoms with E-state index < -0.39 is 0 Å². The van der Waals surface area contributed by atoms with Gasteiger partial charge in [-0.3, -0.25) is 9.69 Å². The molecule has 0 bridgehead atoms. The molecule has 2 aromatic rings. The molecule has 1 amide bonds. The van der Waals surface area contributed by atoms with Crippen LogP contribution < -0.4 is 15.4 Å². The van der Waals surface area contributed by atoms with E-state index in [2.05, 4.69) is 25.7 Å². The number of benzene rings is 1. The molecule has 1 atom stereocenters. The number of aromatic nitrogens is 2. The van der Waals surface area contributed by atoms with Crippen LogP contribution in [-0.2, 0) is 4.79 Å². The number of fused-ring (bicyclic) bond motifs is 1. The molecule has 0 aliphatic carbocycles. The predicted octanol–water partition coefficient (Wildman–Crippen LogP) is 0.644. The quantitative estimate of drug-likeness (QED) is 0.840. The van der Waals surface area contributed by atoms with E-state index in [0.717, 1.165) is 19.6 Å². The lowest BCUT2D eigenvalue weighted by Gasteiger charge is -2.30. The van der Waals surface area contributed by atoms with Gasteiger partial charge in [0.2, 0.25) is 0 Å². The highest BCUT2D eigenvalue weighted by atomic mass is 16.5. The van der Waals surface area contributed by atoms with Crippen molar-refractivity contribution in [2.75, 3.05) is 38.6 Å². The zero-order chi connectivity index (χ0) is 15.8. The maximum absolute atomic E-state index is 11.4. The summed E-state index contributed by atoms with van der Waals surface area (Å²) in [7, 11) is 2.05. The molecule has 120 valence electrons. The Morgan fingerprint density at radius 1 is 1.39 bits per heavy atom. The highest BCUT2D eigenvalue weighted by Gasteiger charge is 2.27. The van der Waals surface area contributed by atoms with Crippen LogP contribution in [0.15, 0.2) is 22.7 Å². The standard InChI is InChI=1S/C15H17N5O3/c1-20-6-5-16-7-11(20)14-18-15(23-19-14)9-3-2-4-10-13(9)22-8-12(21)17-10/h2-4,11,16H,5-8H2,1H3,(H,17,21). The summed E-state index contributed by atoms with van der Waals surface area (Å²) in [6.07, 6.45) is 0. The van der Waals surface area contributed by atoms with Crippen LogP contribution in [0, 0.1) is 0 Å². The SMILES string of the molecule is CN1CCNCC1c1noc(-c2cccc3c2OCC(=O)N3)n1. The zero-order valence-corrected chi connectivity index (χ0v) is 12.7. The van der Waals surface area contributed by atoms with E-state index in [1.807, 2.05) is 19.2 Å². The highest BCUT2D eigenvalue weighted by molar-refractivity contribution is 5.97. The van der Waals surface area contributed by atoms with Crippen molar-refractivity contribution >= 4 is 11.6 Å². The van der Waals surface area contributed by atoms with Crippen LogP contribution in [-0.4, -0.2) is 54.2 Å². The monoisotopic (exact) mass is 315 g/mol. The number of para-hydroxylation sites is 1. The fourth-order valence-electron chi connectivity index (χ4n) is 2.86. The number of carbonyl (C=O) groups excluding carboxylic acids is 1. The fraction of sp³-hybridized carbons (Fsp3) is 0.400. The van der Waals surface area contributed by atoms with Crippen molar-refractivity contribution in [2.24, 2.45) is 0 Å². The number of nitrogens with one attached hydrogen (secondary N) is 2. The second kappa shape index (κ2) is 5.64. The summed E-state index contributed by atoms with van der Waals surface area (Å²) < 4.78 is 11.0. The van der Waals surface area contributed by atoms with Crippen LogP contribution in [0.25, 0.3) is 11.5 Å². The molecule has 1 saturated heterocycles. The number of amides is 1. The smallest absolute Gasteiger partial charge is 0.262 e. The van der Waals surface area contributed by atoms with Crippen molar-refractivity contribution in [3.8, 4) is 17.2 Å². The first kappa shape index (κ1) is 14.2. The number of ether oxygens (including phenoxy) is 1. The third-order valence-corrected chi connectivity index (χ3v) is 4.12. The summed E-state index contributed by atoms with van der Waals surface area (Å²) >= 11 is 0. The van der Waals surface area contributed by atoms with Crippen LogP contribution in [0.3, 0.4) is 0 Å². The van der Waals surface area contributed by atoms with Crippen LogP contribution in [0.2, 0.25) is 0 Å². The Morgan fingerprint density at radius 2 is 2.30 bits per heavy atom. The van der Waals surface area contributed by atoms with E-state index in [1.165, 1.54) is 0 Å². The van der Waals surface area contributed by atoms with Crippen molar-refractivity contribution in [1.29, 1.82) is 0 Å². The molecule has 2 aliphatic rings. The molecular formula is C15H17N5O3. The van der Waals surface area contributed by atoms with Crippen molar-refractivity contribution < 1.29 is 14.1 Å². The maximum Gasteiger partial charge on any atom is 0.262 e. The molecule has 0 spiro atoms. The Morgan fingerprint density at radius 3 is 3.17 bits per heavy atom. The number of rotatable bonds is 2. The Hall–Kier alpha value is -2.45. The van der Waals surface area contributed by atoms with E-state index in [-0.39, 0.29) is 18.6 Å². The zero-order valence-electron chi connectivity index (χ0n) is 12.7. The second-order valence-electron chi connectivity index (χ2n) is 5.68. The average molecular weight is 315 g/mol. The number of likely N-dealkylation sites (N-methyl/N-ethyl adjacent to an activating group) is 1. The molecule has 1 fully saturated rings. The van der Waals surface area contributed by atoms with Crippen molar-refractivity contribution in [1.82, 2.24) is 20.4 Å². The summed E-state index contributed by atoms with van der Waals surface area (Å²) in [4.78, 5) is 18.1. The van der Waals surface area contributed by atoms with E-state index >= 15 is 0 Å². The van der Waals surface area contributed by atoms with Crippen LogP contribution in [0.4, 0.5) is 5.69 Å². The lowest BCUT2D eigenvalue weighted by molar-refractivity contribution is -0.118. The molecule has 2 aliphatic heterocycles. The molecular weight excluding hydrogens is 298 g/mol. The summed E-state index contributed by atoms with van der Waals surface area (Å²) in [6, 6.07) is 5.53. The van der Waals surface area contributed by atoms with Crippen molar-refractivity contribution in [3.63, 3.8) is 0 Å². The van der Waals surface area contributed by atoms with Gasteiger partial charge in [-0.15, -0.1) is 0 Å². The van der Waals surface area contributed by atoms with Gasteiger partial charge in [-0.25, -0.2) is 0 Å². The van der Waals surface area contributed by atoms with E-state index in [4.69, 9.17) is 9.26 Å². The summed E-state index contributed by atoms with van der Waals surface area (Å²) in [5.41, 5.74) is 1.31. The summed E-state index contributed by atoms with van der Waals surface area (Å²) in [5, 5.41) is 10.2.